The molecule has 0 radical (unpaired) electrons. The highest BCUT2D eigenvalue weighted by Gasteiger charge is 2.21. The Morgan fingerprint density at radius 3 is 2.81 bits per heavy atom. The Labute approximate surface area is 123 Å². The topological polar surface area (TPSA) is 85.1 Å². The van der Waals surface area contributed by atoms with Crippen LogP contribution >= 0.6 is 11.6 Å². The van der Waals surface area contributed by atoms with Crippen LogP contribution in [0.25, 0.3) is 0 Å². The van der Waals surface area contributed by atoms with Crippen LogP contribution in [0.4, 0.5) is 15.8 Å². The number of carbonyl (C=O) groups is 1. The zero-order valence-corrected chi connectivity index (χ0v) is 11.5. The molecule has 2 aromatic rings. The predicted molar refractivity (Wildman–Crippen MR) is 75.0 cm³/mol. The lowest BCUT2D eigenvalue weighted by molar-refractivity contribution is -0.384. The van der Waals surface area contributed by atoms with Gasteiger partial charge in [-0.15, -0.1) is 0 Å². The van der Waals surface area contributed by atoms with E-state index in [-0.39, 0.29) is 10.6 Å². The number of anilines is 1. The molecular formula is C13H9ClFN3O3. The summed E-state index contributed by atoms with van der Waals surface area (Å²) in [4.78, 5) is 26.0. The number of nitrogens with zero attached hydrogens (tertiary/aromatic N) is 2. The molecule has 0 saturated heterocycles. The van der Waals surface area contributed by atoms with Crippen molar-refractivity contribution in [2.75, 3.05) is 5.32 Å². The summed E-state index contributed by atoms with van der Waals surface area (Å²) in [6.07, 6.45) is 1.22. The van der Waals surface area contributed by atoms with Crippen molar-refractivity contribution in [3.63, 3.8) is 0 Å². The summed E-state index contributed by atoms with van der Waals surface area (Å²) < 4.78 is 13.7. The van der Waals surface area contributed by atoms with E-state index in [0.717, 1.165) is 12.1 Å². The molecule has 108 valence electrons. The van der Waals surface area contributed by atoms with Crippen molar-refractivity contribution in [1.82, 2.24) is 4.98 Å². The van der Waals surface area contributed by atoms with Gasteiger partial charge in [0.25, 0.3) is 11.6 Å². The van der Waals surface area contributed by atoms with Crippen molar-refractivity contribution in [2.24, 2.45) is 0 Å². The molecule has 6 nitrogen and oxygen atoms in total. The van der Waals surface area contributed by atoms with E-state index in [2.05, 4.69) is 10.3 Å². The normalized spacial score (nSPS) is 10.2. The van der Waals surface area contributed by atoms with Gasteiger partial charge in [0.2, 0.25) is 0 Å². The number of aryl methyl sites for hydroxylation is 1. The van der Waals surface area contributed by atoms with Gasteiger partial charge in [-0.1, -0.05) is 17.7 Å². The maximum atomic E-state index is 13.7. The van der Waals surface area contributed by atoms with Crippen LogP contribution in [0.15, 0.2) is 30.5 Å². The Hall–Kier alpha value is -2.54. The summed E-state index contributed by atoms with van der Waals surface area (Å²) in [5.41, 5.74) is -0.447. The average molecular weight is 310 g/mol. The van der Waals surface area contributed by atoms with Gasteiger partial charge >= 0.3 is 0 Å². The number of nitro groups is 1. The number of hydrogen-bond donors (Lipinski definition) is 1. The van der Waals surface area contributed by atoms with Gasteiger partial charge < -0.3 is 5.32 Å². The standard InChI is InChI=1S/C13H9ClFN3O3/c1-7-5-9(14)8(6-16-7)13(19)17-12-10(15)3-2-4-11(12)18(20)21/h2-6H,1H3,(H,17,19). The highest BCUT2D eigenvalue weighted by molar-refractivity contribution is 6.34. The largest absolute Gasteiger partial charge is 0.314 e. The van der Waals surface area contributed by atoms with Crippen LogP contribution in [-0.2, 0) is 0 Å². The number of benzene rings is 1. The van der Waals surface area contributed by atoms with E-state index in [1.165, 1.54) is 18.3 Å². The zero-order valence-electron chi connectivity index (χ0n) is 10.8. The Morgan fingerprint density at radius 1 is 1.48 bits per heavy atom. The van der Waals surface area contributed by atoms with Crippen molar-refractivity contribution in [1.29, 1.82) is 0 Å². The molecule has 0 aliphatic rings. The summed E-state index contributed by atoms with van der Waals surface area (Å²) in [5, 5.41) is 13.1. The number of rotatable bonds is 3. The van der Waals surface area contributed by atoms with Crippen LogP contribution in [0.2, 0.25) is 5.02 Å². The van der Waals surface area contributed by atoms with Crippen LogP contribution < -0.4 is 5.32 Å². The molecule has 0 spiro atoms. The highest BCUT2D eigenvalue weighted by atomic mass is 35.5. The third kappa shape index (κ3) is 3.14. The quantitative estimate of drug-likeness (QED) is 0.696. The van der Waals surface area contributed by atoms with Gasteiger partial charge in [-0.2, -0.15) is 0 Å². The summed E-state index contributed by atoms with van der Waals surface area (Å²) in [6, 6.07) is 4.75. The van der Waals surface area contributed by atoms with Crippen molar-refractivity contribution < 1.29 is 14.1 Å². The van der Waals surface area contributed by atoms with Gasteiger partial charge in [0.05, 0.1) is 15.5 Å². The minimum absolute atomic E-state index is 0.000169. The molecule has 0 atom stereocenters. The first-order chi connectivity index (χ1) is 9.90. The molecule has 0 unspecified atom stereocenters. The van der Waals surface area contributed by atoms with Gasteiger partial charge in [0.1, 0.15) is 0 Å². The molecular weight excluding hydrogens is 301 g/mol. The summed E-state index contributed by atoms with van der Waals surface area (Å²) in [6.45, 7) is 1.69. The lowest BCUT2D eigenvalue weighted by Crippen LogP contribution is -2.15. The van der Waals surface area contributed by atoms with Crippen molar-refractivity contribution in [3.05, 3.63) is 62.7 Å². The first kappa shape index (κ1) is 14.9. The van der Waals surface area contributed by atoms with E-state index < -0.39 is 28.0 Å². The third-order valence-electron chi connectivity index (χ3n) is 2.66. The smallest absolute Gasteiger partial charge is 0.295 e. The van der Waals surface area contributed by atoms with Crippen LogP contribution in [0.3, 0.4) is 0 Å². The number of aromatic nitrogens is 1. The van der Waals surface area contributed by atoms with E-state index in [1.807, 2.05) is 0 Å². The molecule has 0 fully saturated rings. The second-order valence-electron chi connectivity index (χ2n) is 4.15. The van der Waals surface area contributed by atoms with Crippen molar-refractivity contribution >= 4 is 28.9 Å². The van der Waals surface area contributed by atoms with Crippen LogP contribution in [-0.4, -0.2) is 15.8 Å². The van der Waals surface area contributed by atoms with E-state index in [4.69, 9.17) is 11.6 Å². The summed E-state index contributed by atoms with van der Waals surface area (Å²) in [5.74, 6) is -1.69. The van der Waals surface area contributed by atoms with Crippen LogP contribution in [0.1, 0.15) is 16.1 Å². The first-order valence-corrected chi connectivity index (χ1v) is 6.14. The molecule has 1 N–H and O–H groups in total. The number of carbonyl (C=O) groups excluding carboxylic acids is 1. The molecule has 2 rings (SSSR count). The van der Waals surface area contributed by atoms with Crippen molar-refractivity contribution in [2.45, 2.75) is 6.92 Å². The third-order valence-corrected chi connectivity index (χ3v) is 2.97. The van der Waals surface area contributed by atoms with Gasteiger partial charge in [-0.25, -0.2) is 4.39 Å². The fourth-order valence-corrected chi connectivity index (χ4v) is 1.96. The number of amides is 1. The second kappa shape index (κ2) is 5.84. The zero-order chi connectivity index (χ0) is 15.6. The highest BCUT2D eigenvalue weighted by Crippen LogP contribution is 2.28. The van der Waals surface area contributed by atoms with Gasteiger partial charge in [-0.3, -0.25) is 19.9 Å². The number of para-hydroxylation sites is 1. The van der Waals surface area contributed by atoms with Gasteiger partial charge in [0, 0.05) is 18.0 Å². The second-order valence-corrected chi connectivity index (χ2v) is 4.56. The fourth-order valence-electron chi connectivity index (χ4n) is 1.66. The SMILES string of the molecule is Cc1cc(Cl)c(C(=O)Nc2c(F)cccc2[N+](=O)[O-])cn1. The molecule has 1 aromatic heterocycles. The number of nitrogens with one attached hydrogen (secondary N) is 1. The fraction of sp³-hybridized carbons (Fsp3) is 0.0769. The molecule has 21 heavy (non-hydrogen) atoms. The molecule has 0 saturated carbocycles. The lowest BCUT2D eigenvalue weighted by Gasteiger charge is -2.08. The van der Waals surface area contributed by atoms with Crippen LogP contribution in [0, 0.1) is 22.9 Å². The number of pyridine rings is 1. The number of nitro benzene ring substituents is 1. The van der Waals surface area contributed by atoms with Crippen LogP contribution in [0.5, 0.6) is 0 Å². The maximum absolute atomic E-state index is 13.7. The average Bonchev–Trinajstić information content (AvgIpc) is 2.40. The number of hydrogen-bond acceptors (Lipinski definition) is 4. The van der Waals surface area contributed by atoms with Crippen molar-refractivity contribution in [3.8, 4) is 0 Å². The minimum atomic E-state index is -0.909. The minimum Gasteiger partial charge on any atom is -0.314 e. The number of halogens is 2. The Kier molecular flexibility index (Phi) is 4.13. The Morgan fingerprint density at radius 2 is 2.19 bits per heavy atom. The molecule has 0 aliphatic carbocycles. The lowest BCUT2D eigenvalue weighted by atomic mass is 10.2. The van der Waals surface area contributed by atoms with E-state index in [1.54, 1.807) is 6.92 Å². The molecule has 8 heteroatoms. The van der Waals surface area contributed by atoms with E-state index in [9.17, 15) is 19.3 Å². The van der Waals surface area contributed by atoms with E-state index >= 15 is 0 Å². The van der Waals surface area contributed by atoms with Gasteiger partial charge in [-0.05, 0) is 19.1 Å². The Bertz CT molecular complexity index is 737. The molecule has 0 aliphatic heterocycles. The predicted octanol–water partition coefficient (Wildman–Crippen LogP) is 3.34. The first-order valence-electron chi connectivity index (χ1n) is 5.76. The molecule has 1 amide bonds. The Balaban J connectivity index is 2.38. The summed E-state index contributed by atoms with van der Waals surface area (Å²) >= 11 is 5.90. The molecule has 0 bridgehead atoms. The summed E-state index contributed by atoms with van der Waals surface area (Å²) in [7, 11) is 0. The molecule has 1 heterocycles. The van der Waals surface area contributed by atoms with E-state index in [0.29, 0.717) is 5.69 Å². The molecule has 1 aromatic carbocycles. The maximum Gasteiger partial charge on any atom is 0.295 e. The van der Waals surface area contributed by atoms with Gasteiger partial charge in [0.15, 0.2) is 11.5 Å². The monoisotopic (exact) mass is 309 g/mol.